The van der Waals surface area contributed by atoms with E-state index in [-0.39, 0.29) is 10.8 Å². The largest absolute Gasteiger partial charge is 0.393 e. The van der Waals surface area contributed by atoms with E-state index in [0.717, 1.165) is 5.56 Å². The van der Waals surface area contributed by atoms with E-state index in [1.807, 2.05) is 0 Å². The van der Waals surface area contributed by atoms with Crippen LogP contribution >= 0.6 is 12.2 Å². The molecule has 0 aliphatic heterocycles. The number of amides is 1. The van der Waals surface area contributed by atoms with Crippen molar-refractivity contribution in [2.45, 2.75) is 31.2 Å². The van der Waals surface area contributed by atoms with Gasteiger partial charge in [0.1, 0.15) is 6.04 Å². The summed E-state index contributed by atoms with van der Waals surface area (Å²) in [4.78, 5) is 11.7. The van der Waals surface area contributed by atoms with Crippen molar-refractivity contribution in [2.75, 3.05) is 0 Å². The van der Waals surface area contributed by atoms with Crippen LogP contribution in [0.25, 0.3) is 0 Å². The molecule has 6 nitrogen and oxygen atoms in total. The topological polar surface area (TPSA) is 115 Å². The summed E-state index contributed by atoms with van der Waals surface area (Å²) >= 11 is 4.79. The highest BCUT2D eigenvalue weighted by atomic mass is 32.2. The van der Waals surface area contributed by atoms with E-state index in [2.05, 4.69) is 4.72 Å². The minimum absolute atomic E-state index is 0.0566. The fourth-order valence-corrected chi connectivity index (χ4v) is 3.27. The van der Waals surface area contributed by atoms with E-state index in [4.69, 9.17) is 23.7 Å². The van der Waals surface area contributed by atoms with Gasteiger partial charge in [0.2, 0.25) is 15.9 Å². The van der Waals surface area contributed by atoms with Crippen LogP contribution in [0, 0.1) is 5.92 Å². The molecule has 0 aliphatic rings. The van der Waals surface area contributed by atoms with E-state index in [9.17, 15) is 13.2 Å². The first-order chi connectivity index (χ1) is 9.63. The predicted molar refractivity (Wildman–Crippen MR) is 85.1 cm³/mol. The molecule has 0 aliphatic carbocycles. The van der Waals surface area contributed by atoms with Crippen molar-refractivity contribution >= 4 is 33.1 Å². The molecule has 1 atom stereocenters. The number of hydrogen-bond acceptors (Lipinski definition) is 4. The van der Waals surface area contributed by atoms with Crippen LogP contribution in [-0.2, 0) is 21.2 Å². The summed E-state index contributed by atoms with van der Waals surface area (Å²) < 4.78 is 26.7. The Morgan fingerprint density at radius 2 is 1.76 bits per heavy atom. The highest BCUT2D eigenvalue weighted by Gasteiger charge is 2.26. The monoisotopic (exact) mass is 329 g/mol. The molecule has 1 aromatic rings. The van der Waals surface area contributed by atoms with Gasteiger partial charge in [-0.15, -0.1) is 0 Å². The Morgan fingerprint density at radius 1 is 1.24 bits per heavy atom. The zero-order valence-electron chi connectivity index (χ0n) is 11.9. The summed E-state index contributed by atoms with van der Waals surface area (Å²) in [7, 11) is -3.81. The first-order valence-corrected chi connectivity index (χ1v) is 8.21. The molecule has 1 unspecified atom stereocenters. The number of carbonyl (C=O) groups excluding carboxylic acids is 1. The maximum atomic E-state index is 12.2. The zero-order valence-corrected chi connectivity index (χ0v) is 13.5. The average Bonchev–Trinajstić information content (AvgIpc) is 2.35. The molecule has 1 aromatic carbocycles. The predicted octanol–water partition coefficient (Wildman–Crippen LogP) is 0.303. The minimum atomic E-state index is -3.81. The van der Waals surface area contributed by atoms with Crippen molar-refractivity contribution in [3.63, 3.8) is 0 Å². The molecule has 0 spiro atoms. The molecule has 0 saturated heterocycles. The lowest BCUT2D eigenvalue weighted by Gasteiger charge is -2.19. The number of hydrogen-bond donors (Lipinski definition) is 3. The Hall–Kier alpha value is -1.51. The molecule has 0 heterocycles. The molecule has 8 heteroatoms. The molecule has 21 heavy (non-hydrogen) atoms. The standard InChI is InChI=1S/C13H19N3O3S2/c1-8(2)12(13(15)17)16-21(18,19)10-5-3-9(4-6-10)7-11(14)20/h3-6,8,12,16H,7H2,1-2H3,(H2,14,20)(H2,15,17). The van der Waals surface area contributed by atoms with E-state index in [0.29, 0.717) is 11.4 Å². The number of primary amides is 1. The van der Waals surface area contributed by atoms with Gasteiger partial charge in [-0.2, -0.15) is 4.72 Å². The normalized spacial score (nSPS) is 13.1. The van der Waals surface area contributed by atoms with Crippen molar-refractivity contribution in [3.05, 3.63) is 29.8 Å². The van der Waals surface area contributed by atoms with Crippen LogP contribution in [0.4, 0.5) is 0 Å². The molecule has 5 N–H and O–H groups in total. The van der Waals surface area contributed by atoms with Gasteiger partial charge in [0.15, 0.2) is 0 Å². The van der Waals surface area contributed by atoms with Gasteiger partial charge in [-0.1, -0.05) is 38.2 Å². The number of nitrogens with one attached hydrogen (secondary N) is 1. The van der Waals surface area contributed by atoms with Gasteiger partial charge in [0.05, 0.1) is 9.88 Å². The maximum Gasteiger partial charge on any atom is 0.241 e. The average molecular weight is 329 g/mol. The van der Waals surface area contributed by atoms with Crippen molar-refractivity contribution in [1.29, 1.82) is 0 Å². The maximum absolute atomic E-state index is 12.2. The van der Waals surface area contributed by atoms with Crippen molar-refractivity contribution < 1.29 is 13.2 Å². The highest BCUT2D eigenvalue weighted by molar-refractivity contribution is 7.89. The molecule has 116 valence electrons. The molecule has 0 aromatic heterocycles. The van der Waals surface area contributed by atoms with Gasteiger partial charge in [-0.25, -0.2) is 8.42 Å². The third-order valence-corrected chi connectivity index (χ3v) is 4.47. The van der Waals surface area contributed by atoms with Gasteiger partial charge in [-0.3, -0.25) is 4.79 Å². The summed E-state index contributed by atoms with van der Waals surface area (Å²) in [6.45, 7) is 3.42. The van der Waals surface area contributed by atoms with Gasteiger partial charge >= 0.3 is 0 Å². The quantitative estimate of drug-likeness (QED) is 0.622. The smallest absolute Gasteiger partial charge is 0.241 e. The third-order valence-electron chi connectivity index (χ3n) is 2.87. The van der Waals surface area contributed by atoms with Crippen molar-refractivity contribution in [3.8, 4) is 0 Å². The van der Waals surface area contributed by atoms with Crippen molar-refractivity contribution in [1.82, 2.24) is 4.72 Å². The molecule has 1 amide bonds. The fraction of sp³-hybridized carbons (Fsp3) is 0.385. The van der Waals surface area contributed by atoms with E-state index in [1.165, 1.54) is 12.1 Å². The Bertz CT molecular complexity index is 625. The zero-order chi connectivity index (χ0) is 16.2. The summed E-state index contributed by atoms with van der Waals surface area (Å²) in [5.74, 6) is -0.954. The van der Waals surface area contributed by atoms with Gasteiger partial charge in [-0.05, 0) is 23.6 Å². The first-order valence-electron chi connectivity index (χ1n) is 6.32. The van der Waals surface area contributed by atoms with Crippen LogP contribution in [0.5, 0.6) is 0 Å². The Kier molecular flexibility index (Phi) is 5.82. The number of nitrogens with two attached hydrogens (primary N) is 2. The van der Waals surface area contributed by atoms with Crippen LogP contribution in [-0.4, -0.2) is 25.4 Å². The van der Waals surface area contributed by atoms with Crippen LogP contribution in [0.15, 0.2) is 29.2 Å². The molecular weight excluding hydrogens is 310 g/mol. The lowest BCUT2D eigenvalue weighted by atomic mass is 10.1. The molecular formula is C13H19N3O3S2. The number of carbonyl (C=O) groups is 1. The second kappa shape index (κ2) is 6.97. The van der Waals surface area contributed by atoms with Crippen LogP contribution < -0.4 is 16.2 Å². The van der Waals surface area contributed by atoms with E-state index in [1.54, 1.807) is 26.0 Å². The van der Waals surface area contributed by atoms with Gasteiger partial charge in [0, 0.05) is 6.42 Å². The number of thiocarbonyl (C=S) groups is 1. The lowest BCUT2D eigenvalue weighted by Crippen LogP contribution is -2.47. The van der Waals surface area contributed by atoms with Gasteiger partial charge in [0.25, 0.3) is 0 Å². The number of rotatable bonds is 7. The summed E-state index contributed by atoms with van der Waals surface area (Å²) in [6.07, 6.45) is 0.402. The summed E-state index contributed by atoms with van der Waals surface area (Å²) in [6, 6.07) is 5.18. The van der Waals surface area contributed by atoms with E-state index >= 15 is 0 Å². The number of benzene rings is 1. The first kappa shape index (κ1) is 17.5. The SMILES string of the molecule is CC(C)C(NS(=O)(=O)c1ccc(CC(N)=S)cc1)C(N)=O. The third kappa shape index (κ3) is 5.07. The molecule has 1 rings (SSSR count). The fourth-order valence-electron chi connectivity index (χ4n) is 1.75. The molecule has 0 fully saturated rings. The van der Waals surface area contributed by atoms with Crippen LogP contribution in [0.2, 0.25) is 0 Å². The Morgan fingerprint density at radius 3 is 2.14 bits per heavy atom. The minimum Gasteiger partial charge on any atom is -0.393 e. The molecule has 0 saturated carbocycles. The second-order valence-electron chi connectivity index (χ2n) is 5.03. The van der Waals surface area contributed by atoms with Crippen molar-refractivity contribution in [2.24, 2.45) is 17.4 Å². The number of sulfonamides is 1. The van der Waals surface area contributed by atoms with Crippen LogP contribution in [0.1, 0.15) is 19.4 Å². The van der Waals surface area contributed by atoms with E-state index < -0.39 is 22.0 Å². The van der Waals surface area contributed by atoms with Gasteiger partial charge < -0.3 is 11.5 Å². The molecule has 0 radical (unpaired) electrons. The van der Waals surface area contributed by atoms with Crippen LogP contribution in [0.3, 0.4) is 0 Å². The summed E-state index contributed by atoms with van der Waals surface area (Å²) in [5, 5.41) is 0. The molecule has 0 bridgehead atoms. The second-order valence-corrected chi connectivity index (χ2v) is 7.27. The Labute approximate surface area is 129 Å². The lowest BCUT2D eigenvalue weighted by molar-refractivity contribution is -0.120. The Balaban J connectivity index is 2.97. The summed E-state index contributed by atoms with van der Waals surface area (Å²) in [5.41, 5.74) is 11.5. The highest BCUT2D eigenvalue weighted by Crippen LogP contribution is 2.13.